The Hall–Kier alpha value is -2.03. The number of methoxy groups -OCH3 is 1. The summed E-state index contributed by atoms with van der Waals surface area (Å²) in [5.41, 5.74) is 2.52. The van der Waals surface area contributed by atoms with Crippen LogP contribution in [0.4, 0.5) is 0 Å². The minimum Gasteiger partial charge on any atom is -0.489 e. The normalized spacial score (nSPS) is 24.8. The molecular weight excluding hydrogens is 264 g/mol. The van der Waals surface area contributed by atoms with Gasteiger partial charge in [-0.05, 0) is 30.4 Å². The van der Waals surface area contributed by atoms with E-state index in [1.54, 1.807) is 0 Å². The molecule has 3 rings (SSSR count). The van der Waals surface area contributed by atoms with E-state index in [-0.39, 0.29) is 18.0 Å². The highest BCUT2D eigenvalue weighted by Crippen LogP contribution is 2.47. The Morgan fingerprint density at radius 2 is 2.00 bits per heavy atom. The minimum atomic E-state index is -0.313. The molecule has 0 amide bonds. The first-order valence-electron chi connectivity index (χ1n) is 7.49. The molecule has 0 aromatic heterocycles. The molecule has 21 heavy (non-hydrogen) atoms. The van der Waals surface area contributed by atoms with Gasteiger partial charge in [-0.3, -0.25) is 0 Å². The molecule has 0 spiro atoms. The fourth-order valence-corrected chi connectivity index (χ4v) is 3.18. The summed E-state index contributed by atoms with van der Waals surface area (Å²) >= 11 is 0. The van der Waals surface area contributed by atoms with Crippen molar-refractivity contribution in [3.63, 3.8) is 0 Å². The Bertz CT molecular complexity index is 571. The van der Waals surface area contributed by atoms with Crippen molar-refractivity contribution in [3.05, 3.63) is 59.4 Å². The molecule has 0 bridgehead atoms. The van der Waals surface area contributed by atoms with Crippen LogP contribution >= 0.6 is 0 Å². The lowest BCUT2D eigenvalue weighted by Crippen LogP contribution is -2.10. The van der Waals surface area contributed by atoms with Gasteiger partial charge in [-0.1, -0.05) is 36.4 Å². The van der Waals surface area contributed by atoms with Crippen LogP contribution in [0.2, 0.25) is 0 Å². The largest absolute Gasteiger partial charge is 0.489 e. The van der Waals surface area contributed by atoms with Crippen LogP contribution in [0.15, 0.2) is 53.8 Å². The monoisotopic (exact) mass is 284 g/mol. The Morgan fingerprint density at radius 3 is 2.76 bits per heavy atom. The molecule has 110 valence electrons. The van der Waals surface area contributed by atoms with E-state index in [0.717, 1.165) is 24.2 Å². The van der Waals surface area contributed by atoms with Crippen molar-refractivity contribution >= 4 is 5.97 Å². The summed E-state index contributed by atoms with van der Waals surface area (Å²) in [6.07, 6.45) is 7.91. The number of benzene rings is 1. The van der Waals surface area contributed by atoms with E-state index in [2.05, 4.69) is 12.1 Å². The molecule has 1 aliphatic heterocycles. The highest BCUT2D eigenvalue weighted by Gasteiger charge is 2.36. The van der Waals surface area contributed by atoms with E-state index in [0.29, 0.717) is 0 Å². The average molecular weight is 284 g/mol. The Labute approximate surface area is 125 Å². The number of esters is 1. The van der Waals surface area contributed by atoms with E-state index < -0.39 is 0 Å². The van der Waals surface area contributed by atoms with E-state index >= 15 is 0 Å². The smallest absolute Gasteiger partial charge is 0.330 e. The lowest BCUT2D eigenvalue weighted by atomic mass is 9.85. The highest BCUT2D eigenvalue weighted by atomic mass is 16.5. The molecule has 2 atom stereocenters. The summed E-state index contributed by atoms with van der Waals surface area (Å²) in [6.45, 7) is 0. The van der Waals surface area contributed by atoms with Gasteiger partial charge in [-0.2, -0.15) is 0 Å². The van der Waals surface area contributed by atoms with Crippen LogP contribution in [0.1, 0.15) is 37.4 Å². The third-order valence-corrected chi connectivity index (χ3v) is 4.22. The van der Waals surface area contributed by atoms with Crippen LogP contribution in [-0.4, -0.2) is 13.1 Å². The predicted octanol–water partition coefficient (Wildman–Crippen LogP) is 3.93. The summed E-state index contributed by atoms with van der Waals surface area (Å²) in [5.74, 6) is 0.961. The predicted molar refractivity (Wildman–Crippen MR) is 80.4 cm³/mol. The zero-order valence-electron chi connectivity index (χ0n) is 12.2. The molecule has 0 fully saturated rings. The Kier molecular flexibility index (Phi) is 4.09. The van der Waals surface area contributed by atoms with Crippen LogP contribution < -0.4 is 0 Å². The Balaban J connectivity index is 1.90. The summed E-state index contributed by atoms with van der Waals surface area (Å²) < 4.78 is 10.9. The van der Waals surface area contributed by atoms with Crippen LogP contribution in [0, 0.1) is 5.92 Å². The number of ether oxygens (including phenoxy) is 2. The number of carbonyl (C=O) groups is 1. The SMILES string of the molecule is COC(=O)/C=C/[C@H]1C2=C(CCCC2)O[C@@H]1c1ccccc1. The average Bonchev–Trinajstić information content (AvgIpc) is 2.92. The molecule has 0 saturated heterocycles. The van der Waals surface area contributed by atoms with Gasteiger partial charge in [0.25, 0.3) is 0 Å². The van der Waals surface area contributed by atoms with Crippen LogP contribution in [0.5, 0.6) is 0 Å². The van der Waals surface area contributed by atoms with Gasteiger partial charge in [0.2, 0.25) is 0 Å². The van der Waals surface area contributed by atoms with Crippen molar-refractivity contribution in [2.45, 2.75) is 31.8 Å². The van der Waals surface area contributed by atoms with Gasteiger partial charge in [0.05, 0.1) is 12.9 Å². The molecule has 1 aromatic carbocycles. The van der Waals surface area contributed by atoms with Gasteiger partial charge in [-0.25, -0.2) is 4.79 Å². The van der Waals surface area contributed by atoms with Gasteiger partial charge < -0.3 is 9.47 Å². The quantitative estimate of drug-likeness (QED) is 0.623. The molecule has 1 heterocycles. The molecule has 0 radical (unpaired) electrons. The zero-order chi connectivity index (χ0) is 14.7. The third kappa shape index (κ3) is 2.87. The molecule has 3 nitrogen and oxygen atoms in total. The van der Waals surface area contributed by atoms with Crippen molar-refractivity contribution in [1.82, 2.24) is 0 Å². The van der Waals surface area contributed by atoms with E-state index in [9.17, 15) is 4.79 Å². The first-order valence-corrected chi connectivity index (χ1v) is 7.49. The van der Waals surface area contributed by atoms with E-state index in [4.69, 9.17) is 9.47 Å². The first-order chi connectivity index (χ1) is 10.3. The summed E-state index contributed by atoms with van der Waals surface area (Å²) in [4.78, 5) is 11.4. The molecular formula is C18H20O3. The zero-order valence-corrected chi connectivity index (χ0v) is 12.2. The lowest BCUT2D eigenvalue weighted by molar-refractivity contribution is -0.134. The Morgan fingerprint density at radius 1 is 1.24 bits per heavy atom. The van der Waals surface area contributed by atoms with E-state index in [1.165, 1.54) is 31.6 Å². The van der Waals surface area contributed by atoms with Crippen molar-refractivity contribution in [2.75, 3.05) is 7.11 Å². The topological polar surface area (TPSA) is 35.5 Å². The van der Waals surface area contributed by atoms with Crippen LogP contribution in [-0.2, 0) is 14.3 Å². The van der Waals surface area contributed by atoms with Crippen LogP contribution in [0.25, 0.3) is 0 Å². The summed E-state index contributed by atoms with van der Waals surface area (Å²) in [6, 6.07) is 10.2. The molecule has 1 aromatic rings. The minimum absolute atomic E-state index is 0.0183. The van der Waals surface area contributed by atoms with Gasteiger partial charge >= 0.3 is 5.97 Å². The maximum absolute atomic E-state index is 11.4. The van der Waals surface area contributed by atoms with Gasteiger partial charge in [0.1, 0.15) is 6.10 Å². The van der Waals surface area contributed by atoms with Crippen molar-refractivity contribution < 1.29 is 14.3 Å². The second-order valence-corrected chi connectivity index (χ2v) is 5.51. The molecule has 0 N–H and O–H groups in total. The maximum atomic E-state index is 11.4. The molecule has 3 heteroatoms. The lowest BCUT2D eigenvalue weighted by Gasteiger charge is -2.18. The third-order valence-electron chi connectivity index (χ3n) is 4.22. The fourth-order valence-electron chi connectivity index (χ4n) is 3.18. The van der Waals surface area contributed by atoms with Crippen molar-refractivity contribution in [2.24, 2.45) is 5.92 Å². The summed E-state index contributed by atoms with van der Waals surface area (Å²) in [7, 11) is 1.40. The van der Waals surface area contributed by atoms with Gasteiger partial charge in [0, 0.05) is 18.4 Å². The number of allylic oxidation sites excluding steroid dienone is 1. The van der Waals surface area contributed by atoms with Crippen molar-refractivity contribution in [1.29, 1.82) is 0 Å². The fraction of sp³-hybridized carbons (Fsp3) is 0.389. The number of hydrogen-bond donors (Lipinski definition) is 0. The molecule has 0 saturated carbocycles. The van der Waals surface area contributed by atoms with Gasteiger partial charge in [-0.15, -0.1) is 0 Å². The summed E-state index contributed by atoms with van der Waals surface area (Å²) in [5, 5.41) is 0. The first kappa shape index (κ1) is 13.9. The molecule has 2 aliphatic rings. The van der Waals surface area contributed by atoms with E-state index in [1.807, 2.05) is 24.3 Å². The van der Waals surface area contributed by atoms with Crippen LogP contribution in [0.3, 0.4) is 0 Å². The molecule has 1 aliphatic carbocycles. The van der Waals surface area contributed by atoms with Gasteiger partial charge in [0.15, 0.2) is 0 Å². The second kappa shape index (κ2) is 6.17. The highest BCUT2D eigenvalue weighted by molar-refractivity contribution is 5.81. The molecule has 0 unspecified atom stereocenters. The number of hydrogen-bond acceptors (Lipinski definition) is 3. The van der Waals surface area contributed by atoms with Crippen molar-refractivity contribution in [3.8, 4) is 0 Å². The number of rotatable bonds is 3. The number of carbonyl (C=O) groups excluding carboxylic acids is 1. The maximum Gasteiger partial charge on any atom is 0.330 e. The standard InChI is InChI=1S/C18H20O3/c1-20-17(19)12-11-15-14-9-5-6-10-16(14)21-18(15)13-7-3-2-4-8-13/h2-4,7-8,11-12,15,18H,5-6,9-10H2,1H3/b12-11+/t15-,18+/m0/s1. The second-order valence-electron chi connectivity index (χ2n) is 5.51.